The number of anilines is 2. The Morgan fingerprint density at radius 3 is 2.18 bits per heavy atom. The summed E-state index contributed by atoms with van der Waals surface area (Å²) in [6.45, 7) is 3.81. The van der Waals surface area contributed by atoms with Crippen molar-refractivity contribution in [2.75, 3.05) is 5.32 Å². The number of nitrogens with one attached hydrogen (secondary N) is 2. The zero-order chi connectivity index (χ0) is 23.2. The molecule has 0 spiro atoms. The molecule has 1 amide bonds. The van der Waals surface area contributed by atoms with Gasteiger partial charge in [-0.05, 0) is 62.4 Å². The molecule has 0 unspecified atom stereocenters. The molecule has 0 aliphatic rings. The number of hydrogen-bond acceptors (Lipinski definition) is 5. The van der Waals surface area contributed by atoms with Crippen molar-refractivity contribution in [3.8, 4) is 17.2 Å². The third-order valence-corrected chi connectivity index (χ3v) is 4.75. The fourth-order valence-corrected chi connectivity index (χ4v) is 3.19. The maximum Gasteiger partial charge on any atom is 0.299 e. The van der Waals surface area contributed by atoms with Crippen LogP contribution in [0.3, 0.4) is 0 Å². The second kappa shape index (κ2) is 9.82. The van der Waals surface area contributed by atoms with E-state index in [-0.39, 0.29) is 23.2 Å². The van der Waals surface area contributed by atoms with Crippen LogP contribution in [0.4, 0.5) is 11.4 Å². The summed E-state index contributed by atoms with van der Waals surface area (Å²) in [6, 6.07) is 25.3. The summed E-state index contributed by atoms with van der Waals surface area (Å²) >= 11 is 0. The first-order valence-electron chi connectivity index (χ1n) is 10.6. The second-order valence-corrected chi connectivity index (χ2v) is 7.68. The van der Waals surface area contributed by atoms with Crippen molar-refractivity contribution in [2.24, 2.45) is 0 Å². The highest BCUT2D eigenvalue weighted by atomic mass is 16.5. The molecule has 166 valence electrons. The molecule has 4 aromatic rings. The van der Waals surface area contributed by atoms with Gasteiger partial charge >= 0.3 is 0 Å². The molecule has 1 heterocycles. The van der Waals surface area contributed by atoms with Crippen LogP contribution in [0.15, 0.2) is 95.9 Å². The standard InChI is InChI=1S/C26H24N4O3/c1-18(2)28-25(31)19-13-15-20(16-14-19)29-24-23(33-22-11-7-4-8-12-22)17-27-30(26(24)32)21-9-5-3-6-10-21/h3-18,29H,1-2H3,(H,28,31). The summed E-state index contributed by atoms with van der Waals surface area (Å²) in [5.74, 6) is 0.722. The first-order chi connectivity index (χ1) is 16.0. The van der Waals surface area contributed by atoms with Crippen LogP contribution in [-0.4, -0.2) is 21.7 Å². The van der Waals surface area contributed by atoms with Crippen molar-refractivity contribution in [1.82, 2.24) is 15.1 Å². The highest BCUT2D eigenvalue weighted by Gasteiger charge is 2.16. The van der Waals surface area contributed by atoms with Crippen LogP contribution in [0, 0.1) is 0 Å². The lowest BCUT2D eigenvalue weighted by Gasteiger charge is -2.15. The molecule has 0 saturated carbocycles. The zero-order valence-corrected chi connectivity index (χ0v) is 18.4. The van der Waals surface area contributed by atoms with E-state index in [4.69, 9.17) is 4.74 Å². The molecule has 7 nitrogen and oxygen atoms in total. The van der Waals surface area contributed by atoms with Crippen LogP contribution < -0.4 is 20.9 Å². The summed E-state index contributed by atoms with van der Waals surface area (Å²) in [5.41, 5.74) is 1.68. The van der Waals surface area contributed by atoms with Crippen molar-refractivity contribution >= 4 is 17.3 Å². The van der Waals surface area contributed by atoms with Crippen molar-refractivity contribution in [3.05, 3.63) is 107 Å². The van der Waals surface area contributed by atoms with E-state index in [2.05, 4.69) is 15.7 Å². The molecule has 0 aliphatic heterocycles. The minimum Gasteiger partial charge on any atom is -0.453 e. The lowest BCUT2D eigenvalue weighted by molar-refractivity contribution is 0.0943. The van der Waals surface area contributed by atoms with Gasteiger partial charge in [0.25, 0.3) is 11.5 Å². The summed E-state index contributed by atoms with van der Waals surface area (Å²) < 4.78 is 7.27. The Bertz CT molecular complexity index is 1280. The minimum absolute atomic E-state index is 0.0428. The van der Waals surface area contributed by atoms with E-state index in [1.807, 2.05) is 50.2 Å². The molecular formula is C26H24N4O3. The minimum atomic E-state index is -0.365. The van der Waals surface area contributed by atoms with Crippen molar-refractivity contribution in [1.29, 1.82) is 0 Å². The second-order valence-electron chi connectivity index (χ2n) is 7.68. The van der Waals surface area contributed by atoms with Gasteiger partial charge in [0, 0.05) is 17.3 Å². The summed E-state index contributed by atoms with van der Waals surface area (Å²) in [7, 11) is 0. The maximum atomic E-state index is 13.4. The number of ether oxygens (including phenoxy) is 1. The Morgan fingerprint density at radius 1 is 0.909 bits per heavy atom. The van der Waals surface area contributed by atoms with Crippen LogP contribution in [0.25, 0.3) is 5.69 Å². The average Bonchev–Trinajstić information content (AvgIpc) is 2.82. The van der Waals surface area contributed by atoms with Crippen LogP contribution in [0.1, 0.15) is 24.2 Å². The lowest BCUT2D eigenvalue weighted by atomic mass is 10.2. The Labute approximate surface area is 191 Å². The van der Waals surface area contributed by atoms with Gasteiger partial charge in [-0.25, -0.2) is 0 Å². The molecule has 0 saturated heterocycles. The smallest absolute Gasteiger partial charge is 0.299 e. The van der Waals surface area contributed by atoms with Crippen LogP contribution in [-0.2, 0) is 0 Å². The number of amides is 1. The van der Waals surface area contributed by atoms with Crippen molar-refractivity contribution in [3.63, 3.8) is 0 Å². The summed E-state index contributed by atoms with van der Waals surface area (Å²) in [4.78, 5) is 25.6. The molecular weight excluding hydrogens is 416 g/mol. The molecule has 0 bridgehead atoms. The van der Waals surface area contributed by atoms with Crippen molar-refractivity contribution < 1.29 is 9.53 Å². The van der Waals surface area contributed by atoms with Gasteiger partial charge in [-0.15, -0.1) is 0 Å². The number of aromatic nitrogens is 2. The van der Waals surface area contributed by atoms with Gasteiger partial charge in [0.2, 0.25) is 0 Å². The van der Waals surface area contributed by atoms with Crippen LogP contribution in [0.5, 0.6) is 11.5 Å². The number of nitrogens with zero attached hydrogens (tertiary/aromatic N) is 2. The summed E-state index contributed by atoms with van der Waals surface area (Å²) in [6.07, 6.45) is 1.51. The van der Waals surface area contributed by atoms with Gasteiger partial charge in [-0.1, -0.05) is 36.4 Å². The van der Waals surface area contributed by atoms with E-state index in [1.165, 1.54) is 10.9 Å². The number of benzene rings is 3. The Kier molecular flexibility index (Phi) is 6.50. The normalized spacial score (nSPS) is 10.6. The average molecular weight is 441 g/mol. The molecule has 0 atom stereocenters. The quantitative estimate of drug-likeness (QED) is 0.427. The van der Waals surface area contributed by atoms with E-state index >= 15 is 0 Å². The third-order valence-electron chi connectivity index (χ3n) is 4.75. The topological polar surface area (TPSA) is 85.2 Å². The molecule has 3 aromatic carbocycles. The predicted octanol–water partition coefficient (Wildman–Crippen LogP) is 4.91. The SMILES string of the molecule is CC(C)NC(=O)c1ccc(Nc2c(Oc3ccccc3)cnn(-c3ccccc3)c2=O)cc1. The first kappa shape index (κ1) is 21.8. The van der Waals surface area contributed by atoms with Gasteiger partial charge in [0.15, 0.2) is 11.4 Å². The van der Waals surface area contributed by atoms with E-state index in [9.17, 15) is 9.59 Å². The van der Waals surface area contributed by atoms with E-state index in [1.54, 1.807) is 48.5 Å². The number of hydrogen-bond donors (Lipinski definition) is 2. The fourth-order valence-electron chi connectivity index (χ4n) is 3.19. The lowest BCUT2D eigenvalue weighted by Crippen LogP contribution is -2.30. The number of rotatable bonds is 7. The molecule has 7 heteroatoms. The monoisotopic (exact) mass is 440 g/mol. The molecule has 0 aliphatic carbocycles. The molecule has 2 N–H and O–H groups in total. The highest BCUT2D eigenvalue weighted by Crippen LogP contribution is 2.28. The van der Waals surface area contributed by atoms with E-state index in [0.29, 0.717) is 28.4 Å². The fraction of sp³-hybridized carbons (Fsp3) is 0.115. The van der Waals surface area contributed by atoms with Crippen LogP contribution >= 0.6 is 0 Å². The van der Waals surface area contributed by atoms with Crippen molar-refractivity contribution in [2.45, 2.75) is 19.9 Å². The third kappa shape index (κ3) is 5.27. The first-order valence-corrected chi connectivity index (χ1v) is 10.6. The highest BCUT2D eigenvalue weighted by molar-refractivity contribution is 5.94. The van der Waals surface area contributed by atoms with Gasteiger partial charge in [-0.3, -0.25) is 9.59 Å². The van der Waals surface area contributed by atoms with Gasteiger partial charge in [0.05, 0.1) is 11.9 Å². The predicted molar refractivity (Wildman–Crippen MR) is 129 cm³/mol. The number of carbonyl (C=O) groups excluding carboxylic acids is 1. The van der Waals surface area contributed by atoms with Gasteiger partial charge < -0.3 is 15.4 Å². The van der Waals surface area contributed by atoms with Gasteiger partial charge in [0.1, 0.15) is 5.75 Å². The molecule has 33 heavy (non-hydrogen) atoms. The number of para-hydroxylation sites is 2. The molecule has 0 fully saturated rings. The molecule has 1 aromatic heterocycles. The number of carbonyl (C=O) groups is 1. The summed E-state index contributed by atoms with van der Waals surface area (Å²) in [5, 5.41) is 10.3. The van der Waals surface area contributed by atoms with Gasteiger partial charge in [-0.2, -0.15) is 9.78 Å². The van der Waals surface area contributed by atoms with E-state index in [0.717, 1.165) is 0 Å². The Balaban J connectivity index is 1.70. The zero-order valence-electron chi connectivity index (χ0n) is 18.4. The van der Waals surface area contributed by atoms with Crippen LogP contribution in [0.2, 0.25) is 0 Å². The molecule has 4 rings (SSSR count). The maximum absolute atomic E-state index is 13.4. The van der Waals surface area contributed by atoms with E-state index < -0.39 is 0 Å². The Hall–Kier alpha value is -4.39. The Morgan fingerprint density at radius 2 is 1.55 bits per heavy atom. The molecule has 0 radical (unpaired) electrons. The largest absolute Gasteiger partial charge is 0.453 e.